The number of anilines is 1. The van der Waals surface area contributed by atoms with Gasteiger partial charge in [-0.15, -0.1) is 0 Å². The molecule has 0 saturated carbocycles. The Balaban J connectivity index is 2.07. The van der Waals surface area contributed by atoms with Crippen LogP contribution in [-0.4, -0.2) is 47.3 Å². The molecular weight excluding hydrogens is 272 g/mol. The van der Waals surface area contributed by atoms with Crippen LogP contribution in [0.15, 0.2) is 18.2 Å². The Morgan fingerprint density at radius 2 is 1.90 bits per heavy atom. The highest BCUT2D eigenvalue weighted by molar-refractivity contribution is 5.92. The predicted octanol–water partition coefficient (Wildman–Crippen LogP) is 2.33. The number of carbonyl (C=O) groups excluding carboxylic acids is 1. The molecule has 1 fully saturated rings. The van der Waals surface area contributed by atoms with Crippen molar-refractivity contribution in [3.63, 3.8) is 0 Å². The average Bonchev–Trinajstić information content (AvgIpc) is 2.39. The van der Waals surface area contributed by atoms with E-state index in [0.29, 0.717) is 18.8 Å². The van der Waals surface area contributed by atoms with Gasteiger partial charge < -0.3 is 20.1 Å². The number of aromatic carboxylic acids is 1. The summed E-state index contributed by atoms with van der Waals surface area (Å²) in [6, 6.07) is 4.45. The van der Waals surface area contributed by atoms with Gasteiger partial charge >= 0.3 is 12.0 Å². The summed E-state index contributed by atoms with van der Waals surface area (Å²) in [5.74, 6) is -0.980. The maximum Gasteiger partial charge on any atom is 0.335 e. The molecule has 21 heavy (non-hydrogen) atoms. The Hall–Kier alpha value is -2.08. The molecule has 2 rings (SSSR count). The van der Waals surface area contributed by atoms with Crippen molar-refractivity contribution in [2.24, 2.45) is 0 Å². The molecule has 1 aliphatic rings. The summed E-state index contributed by atoms with van der Waals surface area (Å²) in [5, 5.41) is 11.8. The van der Waals surface area contributed by atoms with E-state index in [4.69, 9.17) is 9.84 Å². The lowest BCUT2D eigenvalue weighted by molar-refractivity contribution is -0.0530. The van der Waals surface area contributed by atoms with Gasteiger partial charge in [0.05, 0.1) is 17.8 Å². The molecule has 0 aromatic heterocycles. The zero-order chi connectivity index (χ0) is 15.6. The number of carboxylic acid groups (broad SMARTS) is 1. The first kappa shape index (κ1) is 15.3. The number of nitrogens with zero attached hydrogens (tertiary/aromatic N) is 1. The fourth-order valence-corrected chi connectivity index (χ4v) is 2.47. The minimum Gasteiger partial charge on any atom is -0.478 e. The second kappa shape index (κ2) is 6.13. The van der Waals surface area contributed by atoms with E-state index in [9.17, 15) is 9.59 Å². The summed E-state index contributed by atoms with van der Waals surface area (Å²) in [4.78, 5) is 24.9. The highest BCUT2D eigenvalue weighted by atomic mass is 16.5. The van der Waals surface area contributed by atoms with Crippen LogP contribution in [0.4, 0.5) is 10.5 Å². The number of carbonyl (C=O) groups is 2. The Morgan fingerprint density at radius 3 is 2.43 bits per heavy atom. The number of urea groups is 1. The third-order valence-electron chi connectivity index (χ3n) is 3.42. The molecule has 0 aliphatic carbocycles. The summed E-state index contributed by atoms with van der Waals surface area (Å²) < 4.78 is 5.60. The fourth-order valence-electron chi connectivity index (χ4n) is 2.47. The third-order valence-corrected chi connectivity index (χ3v) is 3.42. The molecule has 1 aliphatic heterocycles. The van der Waals surface area contributed by atoms with Crippen molar-refractivity contribution in [1.82, 2.24) is 4.90 Å². The second-order valence-corrected chi connectivity index (χ2v) is 5.43. The Labute approximate surface area is 123 Å². The number of ether oxygens (including phenoxy) is 1. The van der Waals surface area contributed by atoms with Gasteiger partial charge in [-0.25, -0.2) is 9.59 Å². The molecule has 1 aromatic carbocycles. The minimum absolute atomic E-state index is 0.00924. The van der Waals surface area contributed by atoms with E-state index < -0.39 is 5.97 Å². The molecule has 1 heterocycles. The lowest BCUT2D eigenvalue weighted by Crippen LogP contribution is -2.49. The van der Waals surface area contributed by atoms with E-state index >= 15 is 0 Å². The number of benzene rings is 1. The van der Waals surface area contributed by atoms with Crippen molar-refractivity contribution in [3.05, 3.63) is 29.3 Å². The fraction of sp³-hybridized carbons (Fsp3) is 0.467. The molecule has 0 bridgehead atoms. The molecule has 114 valence electrons. The van der Waals surface area contributed by atoms with Crippen molar-refractivity contribution in [2.45, 2.75) is 33.0 Å². The molecule has 1 saturated heterocycles. The highest BCUT2D eigenvalue weighted by Gasteiger charge is 2.26. The zero-order valence-corrected chi connectivity index (χ0v) is 12.4. The largest absolute Gasteiger partial charge is 0.478 e. The van der Waals surface area contributed by atoms with Crippen LogP contribution in [0.1, 0.15) is 29.8 Å². The van der Waals surface area contributed by atoms with E-state index in [0.717, 1.165) is 5.56 Å². The topological polar surface area (TPSA) is 78.9 Å². The Morgan fingerprint density at radius 1 is 1.29 bits per heavy atom. The molecule has 6 nitrogen and oxygen atoms in total. The number of carboxylic acids is 1. The number of aryl methyl sites for hydroxylation is 1. The van der Waals surface area contributed by atoms with Crippen molar-refractivity contribution in [1.29, 1.82) is 0 Å². The zero-order valence-electron chi connectivity index (χ0n) is 12.4. The summed E-state index contributed by atoms with van der Waals surface area (Å²) >= 11 is 0. The standard InChI is InChI=1S/C15H20N2O4/c1-9-6-12(14(18)19)4-5-13(9)16-15(20)17-7-10(2)21-11(3)8-17/h4-6,10-11H,7-8H2,1-3H3,(H,16,20)(H,18,19). The van der Waals surface area contributed by atoms with Gasteiger partial charge in [0.1, 0.15) is 0 Å². The quantitative estimate of drug-likeness (QED) is 0.877. The van der Waals surface area contributed by atoms with E-state index in [1.165, 1.54) is 6.07 Å². The molecule has 0 radical (unpaired) electrons. The smallest absolute Gasteiger partial charge is 0.335 e. The van der Waals surface area contributed by atoms with Gasteiger partial charge in [-0.05, 0) is 44.5 Å². The first-order chi connectivity index (χ1) is 9.86. The SMILES string of the molecule is Cc1cc(C(=O)O)ccc1NC(=O)N1CC(C)OC(C)C1. The van der Waals surface area contributed by atoms with Gasteiger partial charge in [-0.1, -0.05) is 0 Å². The van der Waals surface area contributed by atoms with Gasteiger partial charge in [0.2, 0.25) is 0 Å². The van der Waals surface area contributed by atoms with Crippen LogP contribution in [0.3, 0.4) is 0 Å². The first-order valence-corrected chi connectivity index (χ1v) is 6.92. The number of amides is 2. The van der Waals surface area contributed by atoms with Gasteiger partial charge in [0.15, 0.2) is 0 Å². The molecule has 2 unspecified atom stereocenters. The maximum atomic E-state index is 12.3. The number of rotatable bonds is 2. The highest BCUT2D eigenvalue weighted by Crippen LogP contribution is 2.18. The van der Waals surface area contributed by atoms with E-state index in [2.05, 4.69) is 5.32 Å². The van der Waals surface area contributed by atoms with Crippen LogP contribution >= 0.6 is 0 Å². The van der Waals surface area contributed by atoms with Gasteiger partial charge in [0, 0.05) is 18.8 Å². The molecule has 1 aromatic rings. The van der Waals surface area contributed by atoms with Gasteiger partial charge in [-0.2, -0.15) is 0 Å². The number of hydrogen-bond acceptors (Lipinski definition) is 3. The monoisotopic (exact) mass is 292 g/mol. The average molecular weight is 292 g/mol. The van der Waals surface area contributed by atoms with Gasteiger partial charge in [0.25, 0.3) is 0 Å². The molecule has 0 spiro atoms. The molecular formula is C15H20N2O4. The Kier molecular flexibility index (Phi) is 4.47. The summed E-state index contributed by atoms with van der Waals surface area (Å²) in [6.07, 6.45) is 0.0185. The lowest BCUT2D eigenvalue weighted by Gasteiger charge is -2.35. The number of morpholine rings is 1. The van der Waals surface area contributed by atoms with Crippen molar-refractivity contribution in [3.8, 4) is 0 Å². The van der Waals surface area contributed by atoms with E-state index in [-0.39, 0.29) is 23.8 Å². The predicted molar refractivity (Wildman–Crippen MR) is 78.7 cm³/mol. The summed E-state index contributed by atoms with van der Waals surface area (Å²) in [7, 11) is 0. The molecule has 6 heteroatoms. The first-order valence-electron chi connectivity index (χ1n) is 6.92. The van der Waals surface area contributed by atoms with Crippen LogP contribution in [-0.2, 0) is 4.74 Å². The number of nitrogens with one attached hydrogen (secondary N) is 1. The maximum absolute atomic E-state index is 12.3. The third kappa shape index (κ3) is 3.72. The normalized spacial score (nSPS) is 22.0. The van der Waals surface area contributed by atoms with Crippen LogP contribution in [0.2, 0.25) is 0 Å². The van der Waals surface area contributed by atoms with Crippen LogP contribution < -0.4 is 5.32 Å². The number of hydrogen-bond donors (Lipinski definition) is 2. The van der Waals surface area contributed by atoms with Crippen molar-refractivity contribution < 1.29 is 19.4 Å². The van der Waals surface area contributed by atoms with Crippen molar-refractivity contribution in [2.75, 3.05) is 18.4 Å². The minimum atomic E-state index is -0.980. The van der Waals surface area contributed by atoms with Crippen molar-refractivity contribution >= 4 is 17.7 Å². The van der Waals surface area contributed by atoms with E-state index in [1.54, 1.807) is 24.0 Å². The molecule has 2 amide bonds. The van der Waals surface area contributed by atoms with Gasteiger partial charge in [-0.3, -0.25) is 0 Å². The van der Waals surface area contributed by atoms with Crippen LogP contribution in [0.25, 0.3) is 0 Å². The Bertz CT molecular complexity index is 549. The van der Waals surface area contributed by atoms with Crippen LogP contribution in [0, 0.1) is 6.92 Å². The summed E-state index contributed by atoms with van der Waals surface area (Å²) in [5.41, 5.74) is 1.55. The molecule has 2 atom stereocenters. The van der Waals surface area contributed by atoms with Crippen LogP contribution in [0.5, 0.6) is 0 Å². The summed E-state index contributed by atoms with van der Waals surface area (Å²) in [6.45, 7) is 6.73. The van der Waals surface area contributed by atoms with E-state index in [1.807, 2.05) is 13.8 Å². The molecule has 2 N–H and O–H groups in total. The lowest BCUT2D eigenvalue weighted by atomic mass is 10.1. The second-order valence-electron chi connectivity index (χ2n) is 5.43.